The first-order valence-corrected chi connectivity index (χ1v) is 10.9. The van der Waals surface area contributed by atoms with Crippen LogP contribution in [0.3, 0.4) is 0 Å². The molecule has 1 aliphatic heterocycles. The lowest BCUT2D eigenvalue weighted by atomic mass is 10.0. The van der Waals surface area contributed by atoms with Crippen LogP contribution in [0.25, 0.3) is 21.2 Å². The minimum atomic E-state index is 0.0424. The summed E-state index contributed by atoms with van der Waals surface area (Å²) in [7, 11) is 3.75. The Kier molecular flexibility index (Phi) is 6.28. The monoisotopic (exact) mass is 413 g/mol. The molecule has 1 N–H and O–H groups in total. The lowest BCUT2D eigenvalue weighted by Crippen LogP contribution is -2.21. The SMILES string of the molecule is CNCCc1cc2c(=O)n(C)cc(-c3ccnc(OCC4CCOCC4)c3)c2s1. The highest BCUT2D eigenvalue weighted by Crippen LogP contribution is 2.34. The van der Waals surface area contributed by atoms with Crippen molar-refractivity contribution >= 4 is 21.4 Å². The van der Waals surface area contributed by atoms with E-state index in [0.29, 0.717) is 18.4 Å². The predicted octanol–water partition coefficient (Wildman–Crippen LogP) is 3.23. The maximum atomic E-state index is 12.7. The molecule has 6 nitrogen and oxygen atoms in total. The lowest BCUT2D eigenvalue weighted by Gasteiger charge is -2.21. The molecule has 7 heteroatoms. The van der Waals surface area contributed by atoms with Gasteiger partial charge in [-0.15, -0.1) is 11.3 Å². The van der Waals surface area contributed by atoms with Gasteiger partial charge in [0.2, 0.25) is 5.88 Å². The topological polar surface area (TPSA) is 65.4 Å². The number of fused-ring (bicyclic) bond motifs is 1. The smallest absolute Gasteiger partial charge is 0.259 e. The lowest BCUT2D eigenvalue weighted by molar-refractivity contribution is 0.0490. The Bertz CT molecular complexity index is 1040. The van der Waals surface area contributed by atoms with Gasteiger partial charge < -0.3 is 19.4 Å². The van der Waals surface area contributed by atoms with E-state index in [2.05, 4.69) is 10.3 Å². The molecule has 4 rings (SSSR count). The number of aryl methyl sites for hydroxylation is 1. The Balaban J connectivity index is 1.64. The van der Waals surface area contributed by atoms with Crippen LogP contribution in [-0.2, 0) is 18.2 Å². The van der Waals surface area contributed by atoms with E-state index in [1.165, 1.54) is 4.88 Å². The maximum Gasteiger partial charge on any atom is 0.259 e. The first kappa shape index (κ1) is 20.1. The molecular weight excluding hydrogens is 386 g/mol. The molecule has 0 radical (unpaired) electrons. The third-order valence-electron chi connectivity index (χ3n) is 5.38. The van der Waals surface area contributed by atoms with Gasteiger partial charge >= 0.3 is 0 Å². The number of ether oxygens (including phenoxy) is 2. The molecule has 0 atom stereocenters. The molecule has 0 bridgehead atoms. The van der Waals surface area contributed by atoms with Crippen LogP contribution in [0, 0.1) is 5.92 Å². The van der Waals surface area contributed by atoms with Gasteiger partial charge in [0.05, 0.1) is 12.0 Å². The van der Waals surface area contributed by atoms with Gasteiger partial charge in [0, 0.05) is 53.9 Å². The summed E-state index contributed by atoms with van der Waals surface area (Å²) in [5.41, 5.74) is 2.10. The summed E-state index contributed by atoms with van der Waals surface area (Å²) in [5.74, 6) is 1.15. The first-order valence-electron chi connectivity index (χ1n) is 10.1. The second kappa shape index (κ2) is 9.07. The van der Waals surface area contributed by atoms with Gasteiger partial charge in [-0.25, -0.2) is 4.98 Å². The van der Waals surface area contributed by atoms with Gasteiger partial charge in [-0.2, -0.15) is 0 Å². The van der Waals surface area contributed by atoms with E-state index in [-0.39, 0.29) is 5.56 Å². The summed E-state index contributed by atoms with van der Waals surface area (Å²) >= 11 is 1.70. The summed E-state index contributed by atoms with van der Waals surface area (Å²) in [6.07, 6.45) is 6.67. The Morgan fingerprint density at radius 1 is 1.34 bits per heavy atom. The standard InChI is InChI=1S/C22H27N3O3S/c1-23-7-4-17-12-18-21(29-17)19(13-25(2)22(18)26)16-3-8-24-20(11-16)28-14-15-5-9-27-10-6-15/h3,8,11-13,15,23H,4-7,9-10,14H2,1-2H3. The van der Waals surface area contributed by atoms with E-state index in [4.69, 9.17) is 9.47 Å². The number of nitrogens with zero attached hydrogens (tertiary/aromatic N) is 2. The summed E-state index contributed by atoms with van der Waals surface area (Å²) in [4.78, 5) is 18.3. The van der Waals surface area contributed by atoms with Crippen LogP contribution in [0.1, 0.15) is 17.7 Å². The van der Waals surface area contributed by atoms with Gasteiger partial charge in [0.15, 0.2) is 0 Å². The fraction of sp³-hybridized carbons (Fsp3) is 0.455. The van der Waals surface area contributed by atoms with Crippen LogP contribution in [-0.4, -0.2) is 43.0 Å². The summed E-state index contributed by atoms with van der Waals surface area (Å²) in [6, 6.07) is 5.99. The molecule has 0 amide bonds. The molecule has 1 aliphatic rings. The van der Waals surface area contributed by atoms with Crippen LogP contribution in [0.2, 0.25) is 0 Å². The molecule has 1 fully saturated rings. The fourth-order valence-corrected chi connectivity index (χ4v) is 4.83. The van der Waals surface area contributed by atoms with Gasteiger partial charge in [-0.05, 0) is 56.5 Å². The van der Waals surface area contributed by atoms with Crippen molar-refractivity contribution in [3.63, 3.8) is 0 Å². The summed E-state index contributed by atoms with van der Waals surface area (Å²) < 4.78 is 14.1. The highest BCUT2D eigenvalue weighted by molar-refractivity contribution is 7.19. The normalized spacial score (nSPS) is 15.1. The minimum Gasteiger partial charge on any atom is -0.477 e. The van der Waals surface area contributed by atoms with Crippen LogP contribution in [0.4, 0.5) is 0 Å². The minimum absolute atomic E-state index is 0.0424. The van der Waals surface area contributed by atoms with E-state index in [0.717, 1.165) is 60.2 Å². The largest absolute Gasteiger partial charge is 0.477 e. The third-order valence-corrected chi connectivity index (χ3v) is 6.60. The van der Waals surface area contributed by atoms with E-state index in [1.54, 1.807) is 29.1 Å². The Labute approximate surface area is 174 Å². The summed E-state index contributed by atoms with van der Waals surface area (Å²) in [5, 5.41) is 3.95. The molecule has 4 heterocycles. The molecule has 154 valence electrons. The molecule has 0 unspecified atom stereocenters. The Morgan fingerprint density at radius 2 is 2.17 bits per heavy atom. The van der Waals surface area contributed by atoms with Crippen LogP contribution in [0.15, 0.2) is 35.4 Å². The third kappa shape index (κ3) is 4.52. The zero-order valence-electron chi connectivity index (χ0n) is 16.9. The molecule has 29 heavy (non-hydrogen) atoms. The van der Waals surface area contributed by atoms with Gasteiger partial charge in [-0.1, -0.05) is 0 Å². The first-order chi connectivity index (χ1) is 14.2. The highest BCUT2D eigenvalue weighted by Gasteiger charge is 2.16. The quantitative estimate of drug-likeness (QED) is 0.644. The maximum absolute atomic E-state index is 12.7. The highest BCUT2D eigenvalue weighted by atomic mass is 32.1. The molecule has 0 saturated carbocycles. The van der Waals surface area contributed by atoms with Crippen LogP contribution in [0.5, 0.6) is 5.88 Å². The van der Waals surface area contributed by atoms with Crippen molar-refractivity contribution in [2.45, 2.75) is 19.3 Å². The number of rotatable bonds is 7. The number of pyridine rings is 2. The van der Waals surface area contributed by atoms with Gasteiger partial charge in [-0.3, -0.25) is 4.79 Å². The van der Waals surface area contributed by atoms with Crippen LogP contribution < -0.4 is 15.6 Å². The van der Waals surface area contributed by atoms with Crippen molar-refractivity contribution in [3.05, 3.63) is 45.8 Å². The number of thiophene rings is 1. The Hall–Kier alpha value is -2.22. The van der Waals surface area contributed by atoms with Crippen molar-refractivity contribution in [1.29, 1.82) is 0 Å². The van der Waals surface area contributed by atoms with E-state index < -0.39 is 0 Å². The zero-order valence-corrected chi connectivity index (χ0v) is 17.8. The van der Waals surface area contributed by atoms with Crippen molar-refractivity contribution in [3.8, 4) is 17.0 Å². The Morgan fingerprint density at radius 3 is 2.97 bits per heavy atom. The fourth-order valence-electron chi connectivity index (χ4n) is 3.65. The van der Waals surface area contributed by atoms with Crippen molar-refractivity contribution in [1.82, 2.24) is 14.9 Å². The number of aromatic nitrogens is 2. The van der Waals surface area contributed by atoms with Crippen molar-refractivity contribution in [2.24, 2.45) is 13.0 Å². The molecule has 3 aromatic heterocycles. The van der Waals surface area contributed by atoms with Crippen LogP contribution >= 0.6 is 11.3 Å². The molecule has 1 saturated heterocycles. The molecular formula is C22H27N3O3S. The molecule has 0 aromatic carbocycles. The predicted molar refractivity (Wildman–Crippen MR) is 117 cm³/mol. The number of hydrogen-bond donors (Lipinski definition) is 1. The number of nitrogens with one attached hydrogen (secondary N) is 1. The molecule has 0 aliphatic carbocycles. The second-order valence-electron chi connectivity index (χ2n) is 7.52. The second-order valence-corrected chi connectivity index (χ2v) is 8.65. The average molecular weight is 414 g/mol. The van der Waals surface area contributed by atoms with Crippen molar-refractivity contribution < 1.29 is 9.47 Å². The number of hydrogen-bond acceptors (Lipinski definition) is 6. The molecule has 3 aromatic rings. The zero-order chi connectivity index (χ0) is 20.2. The number of likely N-dealkylation sites (N-methyl/N-ethyl adjacent to an activating group) is 1. The van der Waals surface area contributed by atoms with Gasteiger partial charge in [0.1, 0.15) is 0 Å². The van der Waals surface area contributed by atoms with E-state index in [9.17, 15) is 4.79 Å². The summed E-state index contributed by atoms with van der Waals surface area (Å²) in [6.45, 7) is 3.18. The van der Waals surface area contributed by atoms with Crippen molar-refractivity contribution in [2.75, 3.05) is 33.4 Å². The van der Waals surface area contributed by atoms with Gasteiger partial charge in [0.25, 0.3) is 5.56 Å². The van der Waals surface area contributed by atoms with E-state index in [1.807, 2.05) is 31.4 Å². The average Bonchev–Trinajstić information content (AvgIpc) is 3.19. The molecule has 0 spiro atoms. The van der Waals surface area contributed by atoms with E-state index >= 15 is 0 Å².